The van der Waals surface area contributed by atoms with Gasteiger partial charge in [0.15, 0.2) is 0 Å². The molecule has 3 N–H and O–H groups in total. The maximum atomic E-state index is 10.4. The lowest BCUT2D eigenvalue weighted by molar-refractivity contribution is 0.00876. The van der Waals surface area contributed by atoms with Gasteiger partial charge in [0, 0.05) is 13.2 Å². The molecule has 1 unspecified atom stereocenters. The van der Waals surface area contributed by atoms with Gasteiger partial charge in [-0.05, 0) is 32.1 Å². The van der Waals surface area contributed by atoms with Crippen molar-refractivity contribution in [2.45, 2.75) is 38.2 Å². The minimum Gasteiger partial charge on any atom is -0.464 e. The Kier molecular flexibility index (Phi) is 4.69. The van der Waals surface area contributed by atoms with Crippen molar-refractivity contribution in [3.05, 3.63) is 0 Å². The van der Waals surface area contributed by atoms with Gasteiger partial charge in [-0.1, -0.05) is 0 Å². The molecule has 0 aromatic heterocycles. The van der Waals surface area contributed by atoms with E-state index in [1.165, 1.54) is 6.42 Å². The lowest BCUT2D eigenvalue weighted by atomic mass is 10.0. The van der Waals surface area contributed by atoms with Gasteiger partial charge >= 0.3 is 6.09 Å². The molecule has 0 bridgehead atoms. The summed E-state index contributed by atoms with van der Waals surface area (Å²) in [5.41, 5.74) is 0. The number of ether oxygens (including phenoxy) is 1. The van der Waals surface area contributed by atoms with Crippen LogP contribution in [0.3, 0.4) is 0 Å². The second-order valence-electron chi connectivity index (χ2n) is 3.61. The minimum atomic E-state index is -1.07. The normalized spacial score (nSPS) is 21.9. The van der Waals surface area contributed by atoms with Crippen LogP contribution >= 0.6 is 0 Å². The van der Waals surface area contributed by atoms with Crippen LogP contribution in [-0.4, -0.2) is 35.5 Å². The molecular formula is C9H18N2O3. The number of nitrogens with two attached hydrogens (primary N) is 1. The second kappa shape index (κ2) is 5.82. The highest BCUT2D eigenvalue weighted by Gasteiger charge is 2.14. The van der Waals surface area contributed by atoms with Crippen LogP contribution in [0.1, 0.15) is 32.1 Å². The minimum absolute atomic E-state index is 0.311. The first kappa shape index (κ1) is 11.3. The third-order valence-corrected chi connectivity index (χ3v) is 2.44. The molecule has 0 aromatic rings. The van der Waals surface area contributed by atoms with E-state index in [2.05, 4.69) is 0 Å². The van der Waals surface area contributed by atoms with Gasteiger partial charge in [0.25, 0.3) is 0 Å². The molecule has 1 aliphatic rings. The van der Waals surface area contributed by atoms with Crippen LogP contribution in [0.2, 0.25) is 0 Å². The summed E-state index contributed by atoms with van der Waals surface area (Å²) in [4.78, 5) is 10.4. The van der Waals surface area contributed by atoms with Gasteiger partial charge in [0.2, 0.25) is 0 Å². The molecule has 0 aromatic carbocycles. The maximum Gasteiger partial charge on any atom is 0.421 e. The van der Waals surface area contributed by atoms with Crippen molar-refractivity contribution in [2.75, 3.05) is 13.2 Å². The zero-order valence-electron chi connectivity index (χ0n) is 8.32. The quantitative estimate of drug-likeness (QED) is 0.408. The first-order valence-corrected chi connectivity index (χ1v) is 5.07. The highest BCUT2D eigenvalue weighted by atomic mass is 16.5. The summed E-state index contributed by atoms with van der Waals surface area (Å²) >= 11 is 0. The molecule has 0 saturated carbocycles. The Morgan fingerprint density at radius 1 is 1.57 bits per heavy atom. The molecule has 0 radical (unpaired) electrons. The van der Waals surface area contributed by atoms with Crippen molar-refractivity contribution in [3.63, 3.8) is 0 Å². The van der Waals surface area contributed by atoms with E-state index < -0.39 is 6.09 Å². The second-order valence-corrected chi connectivity index (χ2v) is 3.61. The molecule has 0 spiro atoms. The lowest BCUT2D eigenvalue weighted by Crippen LogP contribution is -2.37. The summed E-state index contributed by atoms with van der Waals surface area (Å²) < 4.78 is 5.51. The molecule has 0 aliphatic carbocycles. The smallest absolute Gasteiger partial charge is 0.421 e. The largest absolute Gasteiger partial charge is 0.464 e. The van der Waals surface area contributed by atoms with Gasteiger partial charge in [-0.3, -0.25) is 0 Å². The Balaban J connectivity index is 2.05. The Morgan fingerprint density at radius 3 is 2.93 bits per heavy atom. The van der Waals surface area contributed by atoms with Crippen molar-refractivity contribution >= 4 is 6.09 Å². The molecule has 1 fully saturated rings. The predicted octanol–water partition coefficient (Wildman–Crippen LogP) is 1.19. The van der Waals surface area contributed by atoms with E-state index in [1.54, 1.807) is 0 Å². The van der Waals surface area contributed by atoms with Crippen molar-refractivity contribution in [3.8, 4) is 0 Å². The van der Waals surface area contributed by atoms with Gasteiger partial charge in [0.1, 0.15) is 0 Å². The van der Waals surface area contributed by atoms with Crippen LogP contribution in [0.15, 0.2) is 0 Å². The van der Waals surface area contributed by atoms with Crippen molar-refractivity contribution < 1.29 is 14.6 Å². The van der Waals surface area contributed by atoms with Gasteiger partial charge in [-0.2, -0.15) is 0 Å². The van der Waals surface area contributed by atoms with E-state index in [0.29, 0.717) is 12.6 Å². The molecule has 1 atom stereocenters. The SMILES string of the molecule is NN(CCCC1CCCCO1)C(=O)O. The van der Waals surface area contributed by atoms with Gasteiger partial charge in [-0.25, -0.2) is 15.6 Å². The van der Waals surface area contributed by atoms with E-state index in [-0.39, 0.29) is 0 Å². The fourth-order valence-electron chi connectivity index (χ4n) is 1.62. The zero-order chi connectivity index (χ0) is 10.4. The van der Waals surface area contributed by atoms with E-state index in [1.807, 2.05) is 0 Å². The standard InChI is InChI=1S/C9H18N2O3/c10-11(9(12)13)6-3-5-8-4-1-2-7-14-8/h8H,1-7,10H2,(H,12,13). The number of amides is 1. The molecule has 14 heavy (non-hydrogen) atoms. The molecule has 1 heterocycles. The van der Waals surface area contributed by atoms with Gasteiger partial charge in [-0.15, -0.1) is 0 Å². The van der Waals surface area contributed by atoms with Crippen LogP contribution in [0.25, 0.3) is 0 Å². The molecule has 1 amide bonds. The fourth-order valence-corrected chi connectivity index (χ4v) is 1.62. The molecule has 1 rings (SSSR count). The van der Waals surface area contributed by atoms with Crippen molar-refractivity contribution in [1.29, 1.82) is 0 Å². The maximum absolute atomic E-state index is 10.4. The Hall–Kier alpha value is -0.810. The first-order valence-electron chi connectivity index (χ1n) is 5.07. The van der Waals surface area contributed by atoms with Crippen molar-refractivity contribution in [2.24, 2.45) is 5.84 Å². The van der Waals surface area contributed by atoms with Crippen LogP contribution in [-0.2, 0) is 4.74 Å². The Labute approximate surface area is 83.8 Å². The predicted molar refractivity (Wildman–Crippen MR) is 51.7 cm³/mol. The molecule has 5 heteroatoms. The summed E-state index contributed by atoms with van der Waals surface area (Å²) in [6.07, 6.45) is 4.37. The lowest BCUT2D eigenvalue weighted by Gasteiger charge is -2.23. The van der Waals surface area contributed by atoms with E-state index in [0.717, 1.165) is 37.3 Å². The number of hydrogen-bond donors (Lipinski definition) is 2. The Morgan fingerprint density at radius 2 is 2.36 bits per heavy atom. The Bertz CT molecular complexity index is 181. The molecule has 1 aliphatic heterocycles. The number of rotatable bonds is 4. The number of hydrazine groups is 1. The molecule has 5 nitrogen and oxygen atoms in total. The molecule has 1 saturated heterocycles. The zero-order valence-corrected chi connectivity index (χ0v) is 8.32. The van der Waals surface area contributed by atoms with E-state index in [4.69, 9.17) is 15.7 Å². The topological polar surface area (TPSA) is 75.8 Å². The summed E-state index contributed by atoms with van der Waals surface area (Å²) in [7, 11) is 0. The van der Waals surface area contributed by atoms with Crippen LogP contribution in [0.5, 0.6) is 0 Å². The van der Waals surface area contributed by atoms with E-state index >= 15 is 0 Å². The fraction of sp³-hybridized carbons (Fsp3) is 0.889. The van der Waals surface area contributed by atoms with Crippen LogP contribution in [0.4, 0.5) is 4.79 Å². The number of carboxylic acid groups (broad SMARTS) is 1. The third-order valence-electron chi connectivity index (χ3n) is 2.44. The van der Waals surface area contributed by atoms with Crippen LogP contribution < -0.4 is 5.84 Å². The average molecular weight is 202 g/mol. The average Bonchev–Trinajstić information content (AvgIpc) is 2.19. The molecular weight excluding hydrogens is 184 g/mol. The summed E-state index contributed by atoms with van der Waals surface area (Å²) in [5, 5.41) is 9.31. The summed E-state index contributed by atoms with van der Waals surface area (Å²) in [6.45, 7) is 1.23. The number of carbonyl (C=O) groups is 1. The highest BCUT2D eigenvalue weighted by molar-refractivity contribution is 5.63. The first-order chi connectivity index (χ1) is 6.70. The summed E-state index contributed by atoms with van der Waals surface area (Å²) in [5.74, 6) is 5.23. The van der Waals surface area contributed by atoms with Crippen molar-refractivity contribution in [1.82, 2.24) is 5.01 Å². The number of nitrogens with zero attached hydrogens (tertiary/aromatic N) is 1. The van der Waals surface area contributed by atoms with Crippen LogP contribution in [0, 0.1) is 0 Å². The highest BCUT2D eigenvalue weighted by Crippen LogP contribution is 2.16. The number of hydrogen-bond acceptors (Lipinski definition) is 3. The monoisotopic (exact) mass is 202 g/mol. The third kappa shape index (κ3) is 3.93. The van der Waals surface area contributed by atoms with E-state index in [9.17, 15) is 4.79 Å². The molecule has 82 valence electrons. The van der Waals surface area contributed by atoms with Gasteiger partial charge < -0.3 is 9.84 Å². The summed E-state index contributed by atoms with van der Waals surface area (Å²) in [6, 6.07) is 0. The van der Waals surface area contributed by atoms with Gasteiger partial charge in [0.05, 0.1) is 6.10 Å².